The summed E-state index contributed by atoms with van der Waals surface area (Å²) in [6, 6.07) is 0.178. The second-order valence-corrected chi connectivity index (χ2v) is 6.08. The largest absolute Gasteiger partial charge is 0.339 e. The van der Waals surface area contributed by atoms with Crippen molar-refractivity contribution in [3.8, 4) is 0 Å². The molecule has 1 N–H and O–H groups in total. The third-order valence-corrected chi connectivity index (χ3v) is 4.37. The van der Waals surface area contributed by atoms with Gasteiger partial charge < -0.3 is 10.2 Å². The zero-order valence-corrected chi connectivity index (χ0v) is 12.7. The van der Waals surface area contributed by atoms with E-state index in [1.165, 1.54) is 0 Å². The van der Waals surface area contributed by atoms with Crippen molar-refractivity contribution in [3.63, 3.8) is 0 Å². The summed E-state index contributed by atoms with van der Waals surface area (Å²) in [6.45, 7) is 7.99. The lowest BCUT2D eigenvalue weighted by Gasteiger charge is -2.30. The van der Waals surface area contributed by atoms with Gasteiger partial charge in [-0.05, 0) is 20.9 Å². The van der Waals surface area contributed by atoms with Crippen molar-refractivity contribution >= 4 is 17.2 Å². The highest BCUT2D eigenvalue weighted by molar-refractivity contribution is 7.09. The van der Waals surface area contributed by atoms with Gasteiger partial charge in [-0.25, -0.2) is 4.98 Å². The number of carbonyl (C=O) groups is 1. The van der Waals surface area contributed by atoms with Crippen LogP contribution >= 0.6 is 11.3 Å². The molecule has 19 heavy (non-hydrogen) atoms. The van der Waals surface area contributed by atoms with Crippen LogP contribution < -0.4 is 5.32 Å². The first-order valence-corrected chi connectivity index (χ1v) is 7.56. The van der Waals surface area contributed by atoms with Crippen LogP contribution in [-0.2, 0) is 4.79 Å². The molecule has 0 bridgehead atoms. The number of rotatable bonds is 4. The van der Waals surface area contributed by atoms with Crippen molar-refractivity contribution in [2.24, 2.45) is 0 Å². The number of carbonyl (C=O) groups excluding carboxylic acids is 1. The molecule has 1 atom stereocenters. The Labute approximate surface area is 118 Å². The number of hydrogen-bond donors (Lipinski definition) is 1. The van der Waals surface area contributed by atoms with Gasteiger partial charge in [0.25, 0.3) is 0 Å². The van der Waals surface area contributed by atoms with Crippen LogP contribution in [0.15, 0.2) is 5.38 Å². The molecular weight excluding hydrogens is 260 g/mol. The number of likely N-dealkylation sites (N-methyl/N-ethyl adjacent to an activating group) is 1. The Morgan fingerprint density at radius 2 is 2.26 bits per heavy atom. The molecule has 1 aromatic rings. The van der Waals surface area contributed by atoms with Gasteiger partial charge in [0.2, 0.25) is 5.91 Å². The minimum atomic E-state index is 0.178. The minimum Gasteiger partial charge on any atom is -0.339 e. The standard InChI is InChI=1S/C13H22N4OS/c1-10(12-9-19-11(2)15-12)16(3)8-13(18)17-6-4-14-5-7-17/h9-10,14H,4-8H2,1-3H3. The van der Waals surface area contributed by atoms with Crippen molar-refractivity contribution in [1.29, 1.82) is 0 Å². The van der Waals surface area contributed by atoms with Crippen molar-refractivity contribution in [3.05, 3.63) is 16.1 Å². The molecule has 0 radical (unpaired) electrons. The highest BCUT2D eigenvalue weighted by atomic mass is 32.1. The molecule has 0 aliphatic carbocycles. The molecule has 0 spiro atoms. The third kappa shape index (κ3) is 3.75. The smallest absolute Gasteiger partial charge is 0.236 e. The fraction of sp³-hybridized carbons (Fsp3) is 0.692. The molecule has 0 aromatic carbocycles. The van der Waals surface area contributed by atoms with E-state index in [0.717, 1.165) is 36.9 Å². The van der Waals surface area contributed by atoms with Crippen LogP contribution in [0.25, 0.3) is 0 Å². The van der Waals surface area contributed by atoms with Crippen LogP contribution in [0.2, 0.25) is 0 Å². The summed E-state index contributed by atoms with van der Waals surface area (Å²) in [5.74, 6) is 0.211. The second kappa shape index (κ2) is 6.45. The van der Waals surface area contributed by atoms with Crippen LogP contribution in [0.4, 0.5) is 0 Å². The van der Waals surface area contributed by atoms with Gasteiger partial charge in [0.05, 0.1) is 23.3 Å². The monoisotopic (exact) mass is 282 g/mol. The molecule has 106 valence electrons. The predicted octanol–water partition coefficient (Wildman–Crippen LogP) is 0.876. The summed E-state index contributed by atoms with van der Waals surface area (Å²) in [5, 5.41) is 6.41. The lowest BCUT2D eigenvalue weighted by atomic mass is 10.2. The van der Waals surface area contributed by atoms with Gasteiger partial charge in [-0.3, -0.25) is 9.69 Å². The molecule has 5 nitrogen and oxygen atoms in total. The zero-order valence-electron chi connectivity index (χ0n) is 11.8. The maximum absolute atomic E-state index is 12.2. The number of hydrogen-bond acceptors (Lipinski definition) is 5. The first-order chi connectivity index (χ1) is 9.08. The number of nitrogens with zero attached hydrogens (tertiary/aromatic N) is 3. The zero-order chi connectivity index (χ0) is 13.8. The Morgan fingerprint density at radius 1 is 1.58 bits per heavy atom. The van der Waals surface area contributed by atoms with Crippen LogP contribution in [0.5, 0.6) is 0 Å². The fourth-order valence-electron chi connectivity index (χ4n) is 2.16. The molecule has 1 aliphatic rings. The number of nitrogens with one attached hydrogen (secondary N) is 1. The molecule has 1 aliphatic heterocycles. The van der Waals surface area contributed by atoms with Gasteiger partial charge >= 0.3 is 0 Å². The maximum Gasteiger partial charge on any atom is 0.236 e. The van der Waals surface area contributed by atoms with E-state index in [1.54, 1.807) is 11.3 Å². The van der Waals surface area contributed by atoms with Crippen LogP contribution in [0.1, 0.15) is 23.7 Å². The first kappa shape index (κ1) is 14.4. The summed E-state index contributed by atoms with van der Waals surface area (Å²) in [7, 11) is 1.99. The number of piperazine rings is 1. The van der Waals surface area contributed by atoms with Gasteiger partial charge in [0.15, 0.2) is 0 Å². The normalized spacial score (nSPS) is 17.8. The summed E-state index contributed by atoms with van der Waals surface area (Å²) in [4.78, 5) is 20.7. The molecule has 1 fully saturated rings. The van der Waals surface area contributed by atoms with E-state index >= 15 is 0 Å². The maximum atomic E-state index is 12.2. The SMILES string of the molecule is Cc1nc(C(C)N(C)CC(=O)N2CCNCC2)cs1. The second-order valence-electron chi connectivity index (χ2n) is 5.01. The number of aromatic nitrogens is 1. The number of amides is 1. The fourth-order valence-corrected chi connectivity index (χ4v) is 2.86. The van der Waals surface area contributed by atoms with E-state index in [2.05, 4.69) is 27.5 Å². The Balaban J connectivity index is 1.89. The molecule has 1 amide bonds. The van der Waals surface area contributed by atoms with E-state index in [9.17, 15) is 4.79 Å². The Bertz CT molecular complexity index is 428. The highest BCUT2D eigenvalue weighted by Gasteiger charge is 2.21. The average molecular weight is 282 g/mol. The van der Waals surface area contributed by atoms with Gasteiger partial charge in [-0.1, -0.05) is 0 Å². The summed E-state index contributed by atoms with van der Waals surface area (Å²) in [6.07, 6.45) is 0. The molecule has 0 saturated carbocycles. The van der Waals surface area contributed by atoms with Crippen molar-refractivity contribution in [2.75, 3.05) is 39.8 Å². The predicted molar refractivity (Wildman–Crippen MR) is 77.3 cm³/mol. The van der Waals surface area contributed by atoms with E-state index in [-0.39, 0.29) is 11.9 Å². The van der Waals surface area contributed by atoms with Crippen molar-refractivity contribution in [2.45, 2.75) is 19.9 Å². The molecule has 1 unspecified atom stereocenters. The van der Waals surface area contributed by atoms with E-state index in [1.807, 2.05) is 18.9 Å². The van der Waals surface area contributed by atoms with E-state index < -0.39 is 0 Å². The molecule has 6 heteroatoms. The Morgan fingerprint density at radius 3 is 2.84 bits per heavy atom. The summed E-state index contributed by atoms with van der Waals surface area (Å²) >= 11 is 1.66. The van der Waals surface area contributed by atoms with Crippen molar-refractivity contribution in [1.82, 2.24) is 20.1 Å². The molecule has 1 saturated heterocycles. The number of aryl methyl sites for hydroxylation is 1. The summed E-state index contributed by atoms with van der Waals surface area (Å²) in [5.41, 5.74) is 1.05. The van der Waals surface area contributed by atoms with Gasteiger partial charge in [-0.15, -0.1) is 11.3 Å². The molecule has 1 aromatic heterocycles. The lowest BCUT2D eigenvalue weighted by Crippen LogP contribution is -2.49. The topological polar surface area (TPSA) is 48.5 Å². The average Bonchev–Trinajstić information content (AvgIpc) is 2.85. The van der Waals surface area contributed by atoms with Crippen LogP contribution in [-0.4, -0.2) is 60.5 Å². The van der Waals surface area contributed by atoms with Gasteiger partial charge in [-0.2, -0.15) is 0 Å². The van der Waals surface area contributed by atoms with Crippen LogP contribution in [0.3, 0.4) is 0 Å². The first-order valence-electron chi connectivity index (χ1n) is 6.68. The quantitative estimate of drug-likeness (QED) is 0.890. The Kier molecular flexibility index (Phi) is 4.90. The third-order valence-electron chi connectivity index (χ3n) is 3.58. The van der Waals surface area contributed by atoms with E-state index in [0.29, 0.717) is 6.54 Å². The Hall–Kier alpha value is -0.980. The summed E-state index contributed by atoms with van der Waals surface area (Å²) < 4.78 is 0. The van der Waals surface area contributed by atoms with Gasteiger partial charge in [0.1, 0.15) is 0 Å². The van der Waals surface area contributed by atoms with Gasteiger partial charge in [0, 0.05) is 31.6 Å². The molecule has 2 rings (SSSR count). The minimum absolute atomic E-state index is 0.178. The lowest BCUT2D eigenvalue weighted by molar-refractivity contribution is -0.133. The molecular formula is C13H22N4OS. The highest BCUT2D eigenvalue weighted by Crippen LogP contribution is 2.20. The molecule has 2 heterocycles. The van der Waals surface area contributed by atoms with Crippen molar-refractivity contribution < 1.29 is 4.79 Å². The number of thiazole rings is 1. The van der Waals surface area contributed by atoms with E-state index in [4.69, 9.17) is 0 Å². The van der Waals surface area contributed by atoms with Crippen LogP contribution in [0, 0.1) is 6.92 Å².